The van der Waals surface area contributed by atoms with Crippen LogP contribution in [0.4, 0.5) is 0 Å². The molecular weight excluding hydrogens is 1700 g/mol. The quantitative estimate of drug-likeness (QED) is 0.0409. The molecular formula is C94H121N17O17S2. The van der Waals surface area contributed by atoms with E-state index in [1.54, 1.807) is 161 Å². The Hall–Kier alpha value is -12.8. The summed E-state index contributed by atoms with van der Waals surface area (Å²) in [5.41, 5.74) is 15.6. The van der Waals surface area contributed by atoms with Gasteiger partial charge < -0.3 is 99.0 Å². The number of aromatic hydroxyl groups is 2. The largest absolute Gasteiger partial charge is 0.508 e. The summed E-state index contributed by atoms with van der Waals surface area (Å²) in [5, 5.41) is 46.3. The van der Waals surface area contributed by atoms with Crippen LogP contribution in [-0.2, 0) is 110 Å². The van der Waals surface area contributed by atoms with Gasteiger partial charge in [0.2, 0.25) is 88.6 Å². The number of para-hydroxylation sites is 1. The number of nitrogens with one attached hydrogen (secondary N) is 10. The number of aromatic amines is 1. The first-order chi connectivity index (χ1) is 62.1. The minimum absolute atomic E-state index is 0.0305. The van der Waals surface area contributed by atoms with Crippen molar-refractivity contribution in [1.29, 1.82) is 0 Å². The van der Waals surface area contributed by atoms with Gasteiger partial charge in [-0.25, -0.2) is 0 Å². The zero-order valence-corrected chi connectivity index (χ0v) is 76.2. The monoisotopic (exact) mass is 1820 g/mol. The van der Waals surface area contributed by atoms with Gasteiger partial charge >= 0.3 is 0 Å². The number of carbonyl (C=O) groups excluding carboxylic acids is 15. The van der Waals surface area contributed by atoms with Gasteiger partial charge in [-0.1, -0.05) is 181 Å². The van der Waals surface area contributed by atoms with Gasteiger partial charge in [0.25, 0.3) is 0 Å². The maximum absolute atomic E-state index is 15.7. The molecule has 0 radical (unpaired) electrons. The fourth-order valence-corrected chi connectivity index (χ4v) is 16.9. The fraction of sp³-hybridized carbons (Fsp3) is 0.436. The SMILES string of the molecule is CCCC[C@H]1C(=O)N(CS)CC(=O)N[C@@H](CN)C(=O)N[C@@H](C(C)C)C(=O)N(C)[C@@H](Cc2ccccc2)C(=O)N[C@@H](Cc2ccc(O)cc2)C(=O)N2CCC[C@@H]2C(=O)N[C@@H](Cc2c[nH]c3ccccc23)C(=O)N[C@@H](Cc2ccc(O)cc2)C(=O)N[C@@H](CC(C)C)C(=O)N[C@H](C(=O)NCC(N)=O)CSCC(=O)N[C@@H](Cc2ccccc2)C(=O)N(C)[C@@H](Cc2ccccc2)C(=O)N1C. The highest BCUT2D eigenvalue weighted by atomic mass is 32.2. The smallest absolute Gasteiger partial charge is 0.246 e. The Kier molecular flexibility index (Phi) is 38.1. The van der Waals surface area contributed by atoms with Gasteiger partial charge in [0, 0.05) is 95.6 Å². The summed E-state index contributed by atoms with van der Waals surface area (Å²) in [6, 6.07) is 27.5. The normalized spacial score (nSPS) is 22.9. The number of H-pyrrole nitrogens is 1. The van der Waals surface area contributed by atoms with Crippen molar-refractivity contribution in [3.63, 3.8) is 0 Å². The number of rotatable bonds is 23. The summed E-state index contributed by atoms with van der Waals surface area (Å²) in [7, 11) is 4.15. The number of phenols is 2. The summed E-state index contributed by atoms with van der Waals surface area (Å²) < 4.78 is 0. The van der Waals surface area contributed by atoms with Crippen molar-refractivity contribution in [3.8, 4) is 11.5 Å². The van der Waals surface area contributed by atoms with E-state index in [9.17, 15) is 34.2 Å². The molecule has 0 spiro atoms. The van der Waals surface area contributed by atoms with E-state index in [0.29, 0.717) is 57.1 Å². The Morgan fingerprint density at radius 3 is 1.55 bits per heavy atom. The van der Waals surface area contributed by atoms with E-state index in [-0.39, 0.29) is 99.8 Å². The molecule has 15 amide bonds. The first-order valence-electron chi connectivity index (χ1n) is 43.6. The van der Waals surface area contributed by atoms with Crippen LogP contribution in [0.3, 0.4) is 0 Å². The molecule has 0 saturated carbocycles. The second-order valence-corrected chi connectivity index (χ2v) is 34.9. The number of carbonyl (C=O) groups is 15. The summed E-state index contributed by atoms with van der Waals surface area (Å²) in [6.45, 7) is 6.73. The van der Waals surface area contributed by atoms with E-state index >= 15 is 47.9 Å². The Morgan fingerprint density at radius 2 is 0.992 bits per heavy atom. The van der Waals surface area contributed by atoms with Crippen molar-refractivity contribution in [1.82, 2.24) is 77.3 Å². The molecule has 16 N–H and O–H groups in total. The Bertz CT molecular complexity index is 5070. The molecule has 6 aromatic carbocycles. The van der Waals surface area contributed by atoms with Crippen LogP contribution in [0.5, 0.6) is 11.5 Å². The van der Waals surface area contributed by atoms with Gasteiger partial charge in [0.15, 0.2) is 0 Å². The number of unbranched alkanes of at least 4 members (excludes halogenated alkanes) is 1. The summed E-state index contributed by atoms with van der Waals surface area (Å²) in [6.07, 6.45) is 1.80. The molecule has 12 atom stereocenters. The summed E-state index contributed by atoms with van der Waals surface area (Å²) in [4.78, 5) is 234. The van der Waals surface area contributed by atoms with E-state index in [1.807, 2.05) is 6.92 Å². The lowest BCUT2D eigenvalue weighted by Gasteiger charge is -2.37. The van der Waals surface area contributed by atoms with Crippen molar-refractivity contribution in [2.45, 2.75) is 184 Å². The number of phenolic OH excluding ortho intramolecular Hbond substituents is 2. The van der Waals surface area contributed by atoms with Gasteiger partial charge in [0.1, 0.15) is 90.5 Å². The summed E-state index contributed by atoms with van der Waals surface area (Å²) in [5.74, 6) is -15.0. The van der Waals surface area contributed by atoms with E-state index in [0.717, 1.165) is 21.6 Å². The third-order valence-corrected chi connectivity index (χ3v) is 24.4. The highest BCUT2D eigenvalue weighted by molar-refractivity contribution is 8.00. The van der Waals surface area contributed by atoms with Gasteiger partial charge in [-0.05, 0) is 101 Å². The lowest BCUT2D eigenvalue weighted by atomic mass is 9.98. The molecule has 7 aromatic rings. The number of amides is 15. The van der Waals surface area contributed by atoms with E-state index < -0.39 is 192 Å². The van der Waals surface area contributed by atoms with Crippen LogP contribution in [0.2, 0.25) is 0 Å². The third-order valence-electron chi connectivity index (χ3n) is 23.0. The van der Waals surface area contributed by atoms with Gasteiger partial charge in [-0.2, -0.15) is 12.6 Å². The third kappa shape index (κ3) is 28.8. The predicted octanol–water partition coefficient (Wildman–Crippen LogP) is 2.60. The predicted molar refractivity (Wildman–Crippen MR) is 494 cm³/mol. The maximum atomic E-state index is 15.7. The van der Waals surface area contributed by atoms with Crippen LogP contribution in [0.1, 0.15) is 107 Å². The number of thioether (sulfide) groups is 1. The molecule has 3 heterocycles. The first kappa shape index (κ1) is 101. The second-order valence-electron chi connectivity index (χ2n) is 33.6. The lowest BCUT2D eigenvalue weighted by Crippen LogP contribution is -2.62. The molecule has 9 rings (SSSR count). The lowest BCUT2D eigenvalue weighted by molar-refractivity contribution is -0.151. The second kappa shape index (κ2) is 49.1. The van der Waals surface area contributed by atoms with Crippen molar-refractivity contribution in [2.24, 2.45) is 23.3 Å². The number of thiol groups is 1. The van der Waals surface area contributed by atoms with Crippen molar-refractivity contribution < 1.29 is 82.1 Å². The zero-order chi connectivity index (χ0) is 94.4. The highest BCUT2D eigenvalue weighted by Gasteiger charge is 2.44. The van der Waals surface area contributed by atoms with Crippen molar-refractivity contribution in [3.05, 3.63) is 203 Å². The molecule has 2 aliphatic heterocycles. The number of aromatic nitrogens is 1. The molecule has 696 valence electrons. The number of likely N-dealkylation sites (N-methyl/N-ethyl adjacent to an activating group) is 3. The molecule has 2 aliphatic rings. The standard InChI is InChI=1S/C94H121N17O17S2/c1-9-10-31-76-93(127)110(55-129)52-80(115)100-73(49-95)87(121)106-82(57(4)5)94(128)108(7)77(46-59-25-16-12-17-26-59)89(123)104-72(45-62-35-39-65(113)40-36-62)91(125)111-41-22-32-75(111)88(122)103-70(48-63-50-97-67-30-21-20-29-66(63)67)86(120)102-69(43-61-33-37-64(112)38-34-61)85(119)101-68(42-56(2)3)84(118)105-74(83(117)98-51-79(96)114)53-130-54-81(116)99-71(44-58-23-14-11-15-24-58)90(124)109(8)78(92(126)107(76)6)47-60-27-18-13-19-28-60/h11-21,23-30,33-40,50,56-57,68-78,82,97,112-113,129H,9-10,22,31-32,41-49,51-55,95H2,1-8H3,(H2,96,114)(H,98,117)(H,99,116)(H,100,115)(H,101,119)(H,102,120)(H,103,122)(H,104,123)(H,105,118)(H,106,121)/t68-,69-,70-,71-,72-,73-,74-,75+,76-,77-,78-,82-/m0/s1. The highest BCUT2D eigenvalue weighted by Crippen LogP contribution is 2.27. The van der Waals surface area contributed by atoms with Crippen LogP contribution in [0, 0.1) is 11.8 Å². The van der Waals surface area contributed by atoms with Gasteiger partial charge in [-0.15, -0.1) is 11.8 Å². The first-order valence-corrected chi connectivity index (χ1v) is 45.4. The van der Waals surface area contributed by atoms with Crippen molar-refractivity contribution >= 4 is 124 Å². The Labute approximate surface area is 766 Å². The number of fused-ring (bicyclic) bond motifs is 2. The molecule has 34 nitrogen and oxygen atoms in total. The number of nitrogens with zero attached hydrogens (tertiary/aromatic N) is 5. The average Bonchev–Trinajstić information content (AvgIpc) is 1.67. The molecule has 0 aliphatic carbocycles. The minimum Gasteiger partial charge on any atom is -0.508 e. The van der Waals surface area contributed by atoms with E-state index in [1.165, 1.54) is 72.2 Å². The molecule has 36 heteroatoms. The van der Waals surface area contributed by atoms with Gasteiger partial charge in [-0.3, -0.25) is 71.9 Å². The molecule has 2 saturated heterocycles. The number of benzene rings is 6. The maximum Gasteiger partial charge on any atom is 0.246 e. The molecule has 1 aromatic heterocycles. The van der Waals surface area contributed by atoms with Gasteiger partial charge in [0.05, 0.1) is 18.2 Å². The van der Waals surface area contributed by atoms with Crippen LogP contribution >= 0.6 is 24.4 Å². The van der Waals surface area contributed by atoms with Crippen molar-refractivity contribution in [2.75, 3.05) is 64.7 Å². The van der Waals surface area contributed by atoms with Crippen LogP contribution < -0.4 is 59.3 Å². The topological polar surface area (TPSA) is 489 Å². The number of hydrogen-bond acceptors (Lipinski definition) is 20. The van der Waals surface area contributed by atoms with Crippen LogP contribution in [-0.4, -0.2) is 266 Å². The molecule has 0 bridgehead atoms. The number of primary amides is 1. The fourth-order valence-electron chi connectivity index (χ4n) is 15.8. The van der Waals surface area contributed by atoms with E-state index in [2.05, 4.69) is 65.5 Å². The minimum atomic E-state index is -1.58. The molecule has 0 unspecified atom stereocenters. The zero-order valence-electron chi connectivity index (χ0n) is 74.4. The van der Waals surface area contributed by atoms with Crippen LogP contribution in [0.15, 0.2) is 170 Å². The molecule has 130 heavy (non-hydrogen) atoms. The Balaban J connectivity index is 1.12. The van der Waals surface area contributed by atoms with Crippen LogP contribution in [0.25, 0.3) is 10.9 Å². The molecule has 2 fully saturated rings. The summed E-state index contributed by atoms with van der Waals surface area (Å²) >= 11 is 5.33. The number of hydrogen-bond donors (Lipinski definition) is 15. The Morgan fingerprint density at radius 1 is 0.508 bits per heavy atom. The van der Waals surface area contributed by atoms with E-state index in [4.69, 9.17) is 11.5 Å². The number of nitrogens with two attached hydrogens (primary N) is 2. The average molecular weight is 1830 g/mol.